The number of rotatable bonds is 5. The molecule has 1 aliphatic carbocycles. The number of nitrogens with zero attached hydrogens (tertiary/aromatic N) is 1. The van der Waals surface area contributed by atoms with E-state index in [1.165, 1.54) is 24.8 Å². The van der Waals surface area contributed by atoms with E-state index in [-0.39, 0.29) is 11.9 Å². The van der Waals surface area contributed by atoms with E-state index in [1.54, 1.807) is 24.5 Å². The SMILES string of the molecule is NC(Cc1ccc(C(=O)Nc2ccncc2)cc1)C1CCC1. The molecule has 0 spiro atoms. The Balaban J connectivity index is 1.59. The number of aromatic nitrogens is 1. The van der Waals surface area contributed by atoms with E-state index >= 15 is 0 Å². The molecule has 1 saturated carbocycles. The number of pyridine rings is 1. The Morgan fingerprint density at radius 2 is 1.86 bits per heavy atom. The van der Waals surface area contributed by atoms with Crippen LogP contribution >= 0.6 is 0 Å². The first-order valence-electron chi connectivity index (χ1n) is 7.78. The molecule has 114 valence electrons. The van der Waals surface area contributed by atoms with Gasteiger partial charge in [-0.05, 0) is 55.0 Å². The molecule has 1 unspecified atom stereocenters. The molecule has 1 aromatic carbocycles. The lowest BCUT2D eigenvalue weighted by Crippen LogP contribution is -2.36. The van der Waals surface area contributed by atoms with Crippen LogP contribution in [-0.4, -0.2) is 16.9 Å². The topological polar surface area (TPSA) is 68.0 Å². The first kappa shape index (κ1) is 14.7. The van der Waals surface area contributed by atoms with Crippen LogP contribution in [0.25, 0.3) is 0 Å². The van der Waals surface area contributed by atoms with Crippen LogP contribution in [0.1, 0.15) is 35.2 Å². The molecule has 0 saturated heterocycles. The van der Waals surface area contributed by atoms with E-state index in [9.17, 15) is 4.79 Å². The summed E-state index contributed by atoms with van der Waals surface area (Å²) in [6.45, 7) is 0. The highest BCUT2D eigenvalue weighted by atomic mass is 16.1. The molecule has 1 atom stereocenters. The lowest BCUT2D eigenvalue weighted by atomic mass is 9.78. The number of benzene rings is 1. The van der Waals surface area contributed by atoms with Gasteiger partial charge < -0.3 is 11.1 Å². The van der Waals surface area contributed by atoms with Gasteiger partial charge in [-0.2, -0.15) is 0 Å². The summed E-state index contributed by atoms with van der Waals surface area (Å²) < 4.78 is 0. The van der Waals surface area contributed by atoms with Crippen molar-refractivity contribution in [3.05, 3.63) is 59.9 Å². The van der Waals surface area contributed by atoms with Gasteiger partial charge in [0, 0.05) is 29.7 Å². The second-order valence-electron chi connectivity index (χ2n) is 5.95. The van der Waals surface area contributed by atoms with Crippen LogP contribution in [0.5, 0.6) is 0 Å². The average molecular weight is 295 g/mol. The smallest absolute Gasteiger partial charge is 0.255 e. The maximum absolute atomic E-state index is 12.2. The number of carbonyl (C=O) groups excluding carboxylic acids is 1. The van der Waals surface area contributed by atoms with Gasteiger partial charge in [0.15, 0.2) is 0 Å². The highest BCUT2D eigenvalue weighted by Crippen LogP contribution is 2.30. The maximum Gasteiger partial charge on any atom is 0.255 e. The van der Waals surface area contributed by atoms with Gasteiger partial charge in [-0.3, -0.25) is 9.78 Å². The van der Waals surface area contributed by atoms with Gasteiger partial charge in [0.05, 0.1) is 0 Å². The predicted octanol–water partition coefficient (Wildman–Crippen LogP) is 3.00. The van der Waals surface area contributed by atoms with E-state index in [1.807, 2.05) is 24.3 Å². The minimum Gasteiger partial charge on any atom is -0.327 e. The molecule has 0 radical (unpaired) electrons. The number of nitrogens with two attached hydrogens (primary N) is 1. The average Bonchev–Trinajstić information content (AvgIpc) is 2.47. The molecule has 3 N–H and O–H groups in total. The first-order valence-corrected chi connectivity index (χ1v) is 7.78. The van der Waals surface area contributed by atoms with Crippen LogP contribution in [-0.2, 0) is 6.42 Å². The molecule has 4 heteroatoms. The van der Waals surface area contributed by atoms with Crippen molar-refractivity contribution in [2.45, 2.75) is 31.7 Å². The van der Waals surface area contributed by atoms with Crippen molar-refractivity contribution >= 4 is 11.6 Å². The minimum atomic E-state index is -0.110. The van der Waals surface area contributed by atoms with Gasteiger partial charge in [-0.15, -0.1) is 0 Å². The van der Waals surface area contributed by atoms with Gasteiger partial charge in [0.25, 0.3) is 5.91 Å². The van der Waals surface area contributed by atoms with Crippen molar-refractivity contribution < 1.29 is 4.79 Å². The van der Waals surface area contributed by atoms with Crippen LogP contribution in [0.3, 0.4) is 0 Å². The largest absolute Gasteiger partial charge is 0.327 e. The zero-order chi connectivity index (χ0) is 15.4. The molecule has 1 amide bonds. The van der Waals surface area contributed by atoms with Gasteiger partial charge in [0.2, 0.25) is 0 Å². The molecule has 22 heavy (non-hydrogen) atoms. The Labute approximate surface area is 130 Å². The number of hydrogen-bond acceptors (Lipinski definition) is 3. The quantitative estimate of drug-likeness (QED) is 0.891. The second-order valence-corrected chi connectivity index (χ2v) is 5.95. The normalized spacial score (nSPS) is 15.9. The third kappa shape index (κ3) is 3.52. The Bertz CT molecular complexity index is 621. The summed E-state index contributed by atoms with van der Waals surface area (Å²) in [5.41, 5.74) is 8.82. The van der Waals surface area contributed by atoms with Crippen molar-refractivity contribution in [1.82, 2.24) is 4.98 Å². The summed E-state index contributed by atoms with van der Waals surface area (Å²) in [5.74, 6) is 0.565. The van der Waals surface area contributed by atoms with Gasteiger partial charge in [0.1, 0.15) is 0 Å². The summed E-state index contributed by atoms with van der Waals surface area (Å²) in [6, 6.07) is 11.5. The van der Waals surface area contributed by atoms with Crippen LogP contribution in [0.15, 0.2) is 48.8 Å². The molecular formula is C18H21N3O. The molecule has 0 bridgehead atoms. The molecular weight excluding hydrogens is 274 g/mol. The monoisotopic (exact) mass is 295 g/mol. The molecule has 0 aliphatic heterocycles. The minimum absolute atomic E-state index is 0.110. The van der Waals surface area contributed by atoms with E-state index in [4.69, 9.17) is 5.73 Å². The number of amides is 1. The summed E-state index contributed by atoms with van der Waals surface area (Å²) in [4.78, 5) is 16.1. The Hall–Kier alpha value is -2.20. The highest BCUT2D eigenvalue weighted by molar-refractivity contribution is 6.04. The van der Waals surface area contributed by atoms with Crippen LogP contribution in [0.2, 0.25) is 0 Å². The summed E-state index contributed by atoms with van der Waals surface area (Å²) in [5, 5.41) is 2.85. The third-order valence-corrected chi connectivity index (χ3v) is 4.38. The summed E-state index contributed by atoms with van der Waals surface area (Å²) >= 11 is 0. The van der Waals surface area contributed by atoms with Crippen LogP contribution in [0, 0.1) is 5.92 Å². The predicted molar refractivity (Wildman–Crippen MR) is 87.7 cm³/mol. The van der Waals surface area contributed by atoms with Crippen molar-refractivity contribution in [2.75, 3.05) is 5.32 Å². The molecule has 1 aromatic heterocycles. The van der Waals surface area contributed by atoms with E-state index in [0.717, 1.165) is 12.1 Å². The molecule has 1 aliphatic rings. The summed E-state index contributed by atoms with van der Waals surface area (Å²) in [7, 11) is 0. The van der Waals surface area contributed by atoms with Crippen molar-refractivity contribution in [3.8, 4) is 0 Å². The highest BCUT2D eigenvalue weighted by Gasteiger charge is 2.24. The molecule has 2 aromatic rings. The molecule has 1 heterocycles. The Kier molecular flexibility index (Phi) is 4.49. The second kappa shape index (κ2) is 6.71. The molecule has 3 rings (SSSR count). The number of nitrogens with one attached hydrogen (secondary N) is 1. The van der Waals surface area contributed by atoms with Crippen LogP contribution in [0.4, 0.5) is 5.69 Å². The van der Waals surface area contributed by atoms with Crippen molar-refractivity contribution in [1.29, 1.82) is 0 Å². The Morgan fingerprint density at radius 1 is 1.18 bits per heavy atom. The van der Waals surface area contributed by atoms with E-state index in [0.29, 0.717) is 11.5 Å². The van der Waals surface area contributed by atoms with E-state index < -0.39 is 0 Å². The maximum atomic E-state index is 12.2. The van der Waals surface area contributed by atoms with Crippen molar-refractivity contribution in [2.24, 2.45) is 11.7 Å². The van der Waals surface area contributed by atoms with Crippen molar-refractivity contribution in [3.63, 3.8) is 0 Å². The zero-order valence-corrected chi connectivity index (χ0v) is 12.5. The fraction of sp³-hybridized carbons (Fsp3) is 0.333. The third-order valence-electron chi connectivity index (χ3n) is 4.38. The zero-order valence-electron chi connectivity index (χ0n) is 12.5. The Morgan fingerprint density at radius 3 is 2.45 bits per heavy atom. The lowest BCUT2D eigenvalue weighted by molar-refractivity contribution is 0.102. The number of carbonyl (C=O) groups is 1. The first-order chi connectivity index (χ1) is 10.7. The fourth-order valence-corrected chi connectivity index (χ4v) is 2.74. The number of hydrogen-bond donors (Lipinski definition) is 2. The van der Waals surface area contributed by atoms with Gasteiger partial charge in [-0.25, -0.2) is 0 Å². The fourth-order valence-electron chi connectivity index (χ4n) is 2.74. The van der Waals surface area contributed by atoms with E-state index in [2.05, 4.69) is 10.3 Å². The van der Waals surface area contributed by atoms with Crippen LogP contribution < -0.4 is 11.1 Å². The summed E-state index contributed by atoms with van der Waals surface area (Å²) in [6.07, 6.45) is 8.02. The van der Waals surface area contributed by atoms with Gasteiger partial charge in [-0.1, -0.05) is 18.6 Å². The molecule has 1 fully saturated rings. The molecule has 4 nitrogen and oxygen atoms in total. The standard InChI is InChI=1S/C18H21N3O/c19-17(14-2-1-3-14)12-13-4-6-15(7-5-13)18(22)21-16-8-10-20-11-9-16/h4-11,14,17H,1-3,12,19H2,(H,20,21,22). The number of anilines is 1. The lowest BCUT2D eigenvalue weighted by Gasteiger charge is -2.31. The van der Waals surface area contributed by atoms with Gasteiger partial charge >= 0.3 is 0 Å².